The fourth-order valence-electron chi connectivity index (χ4n) is 1.90. The molecule has 0 aliphatic carbocycles. The van der Waals surface area contributed by atoms with Gasteiger partial charge in [-0.05, 0) is 44.0 Å². The average Bonchev–Trinajstić information content (AvgIpc) is 2.54. The monoisotopic (exact) mass is 346 g/mol. The molecule has 0 atom stereocenters. The zero-order valence-corrected chi connectivity index (χ0v) is 14.9. The molecule has 0 radical (unpaired) electrons. The van der Waals surface area contributed by atoms with Gasteiger partial charge < -0.3 is 4.74 Å². The molecular weight excluding hydrogens is 324 g/mol. The first-order valence-electron chi connectivity index (χ1n) is 7.69. The number of ether oxygens (including phenoxy) is 1. The fourth-order valence-corrected chi connectivity index (χ4v) is 2.69. The number of hydrazone groups is 1. The molecule has 0 heterocycles. The quantitative estimate of drug-likeness (QED) is 0.618. The molecule has 0 fully saturated rings. The molecule has 0 saturated carbocycles. The van der Waals surface area contributed by atoms with Gasteiger partial charge in [0.15, 0.2) is 0 Å². The van der Waals surface area contributed by atoms with E-state index in [9.17, 15) is 8.42 Å². The lowest BCUT2D eigenvalue weighted by atomic mass is 10.1. The number of hydrogen-bond acceptors (Lipinski definition) is 4. The van der Waals surface area contributed by atoms with Gasteiger partial charge in [0.1, 0.15) is 0 Å². The highest BCUT2D eigenvalue weighted by atomic mass is 32.2. The van der Waals surface area contributed by atoms with Crippen molar-refractivity contribution in [2.45, 2.75) is 38.4 Å². The van der Waals surface area contributed by atoms with Crippen LogP contribution in [0, 0.1) is 6.92 Å². The smallest absolute Gasteiger partial charge is 0.276 e. The highest BCUT2D eigenvalue weighted by Gasteiger charge is 2.11. The van der Waals surface area contributed by atoms with E-state index in [1.165, 1.54) is 6.21 Å². The Hall–Kier alpha value is -2.18. The fraction of sp³-hybridized carbons (Fsp3) is 0.278. The average molecular weight is 346 g/mol. The first kappa shape index (κ1) is 18.2. The molecule has 1 N–H and O–H groups in total. The van der Waals surface area contributed by atoms with Gasteiger partial charge in [0.25, 0.3) is 10.0 Å². The minimum absolute atomic E-state index is 0.183. The summed E-state index contributed by atoms with van der Waals surface area (Å²) in [7, 11) is -3.64. The Bertz CT molecular complexity index is 780. The van der Waals surface area contributed by atoms with Gasteiger partial charge in [0, 0.05) is 0 Å². The Morgan fingerprint density at radius 2 is 1.71 bits per heavy atom. The molecule has 0 aliphatic rings. The first-order chi connectivity index (χ1) is 11.4. The van der Waals surface area contributed by atoms with Crippen LogP contribution in [0.15, 0.2) is 58.5 Å². The molecule has 0 spiro atoms. The van der Waals surface area contributed by atoms with Crippen molar-refractivity contribution in [3.63, 3.8) is 0 Å². The molecular formula is C18H22N2O3S. The number of aryl methyl sites for hydroxylation is 1. The van der Waals surface area contributed by atoms with Crippen molar-refractivity contribution in [1.82, 2.24) is 4.83 Å². The van der Waals surface area contributed by atoms with Crippen molar-refractivity contribution in [3.05, 3.63) is 65.2 Å². The topological polar surface area (TPSA) is 67.8 Å². The van der Waals surface area contributed by atoms with Crippen LogP contribution in [-0.2, 0) is 21.4 Å². The number of nitrogens with zero attached hydrogens (tertiary/aromatic N) is 1. The lowest BCUT2D eigenvalue weighted by Crippen LogP contribution is -2.18. The zero-order valence-electron chi connectivity index (χ0n) is 14.1. The second-order valence-corrected chi connectivity index (χ2v) is 7.43. The van der Waals surface area contributed by atoms with Crippen molar-refractivity contribution in [1.29, 1.82) is 0 Å². The van der Waals surface area contributed by atoms with Gasteiger partial charge in [-0.2, -0.15) is 13.5 Å². The highest BCUT2D eigenvalue weighted by Crippen LogP contribution is 2.10. The molecule has 2 aromatic rings. The van der Waals surface area contributed by atoms with E-state index < -0.39 is 10.0 Å². The van der Waals surface area contributed by atoms with E-state index >= 15 is 0 Å². The molecule has 0 aromatic heterocycles. The summed E-state index contributed by atoms with van der Waals surface area (Å²) in [6, 6.07) is 14.2. The van der Waals surface area contributed by atoms with Gasteiger partial charge in [0.2, 0.25) is 0 Å². The zero-order chi connectivity index (χ0) is 17.6. The van der Waals surface area contributed by atoms with Crippen LogP contribution in [0.3, 0.4) is 0 Å². The summed E-state index contributed by atoms with van der Waals surface area (Å²) in [6.45, 7) is 6.43. The SMILES string of the molecule is Cc1ccc(S(=O)(=O)N/N=C/c2ccc(COC(C)C)cc2)cc1. The van der Waals surface area contributed by atoms with Crippen LogP contribution in [-0.4, -0.2) is 20.7 Å². The third-order valence-corrected chi connectivity index (χ3v) is 4.52. The van der Waals surface area contributed by atoms with E-state index in [2.05, 4.69) is 9.93 Å². The Morgan fingerprint density at radius 3 is 2.29 bits per heavy atom. The van der Waals surface area contributed by atoms with Gasteiger partial charge in [-0.3, -0.25) is 0 Å². The van der Waals surface area contributed by atoms with Crippen molar-refractivity contribution < 1.29 is 13.2 Å². The van der Waals surface area contributed by atoms with Crippen LogP contribution in [0.25, 0.3) is 0 Å². The molecule has 24 heavy (non-hydrogen) atoms. The molecule has 0 unspecified atom stereocenters. The molecule has 0 aliphatic heterocycles. The van der Waals surface area contributed by atoms with E-state index in [-0.39, 0.29) is 11.0 Å². The minimum Gasteiger partial charge on any atom is -0.374 e. The summed E-state index contributed by atoms with van der Waals surface area (Å²) in [5.74, 6) is 0. The van der Waals surface area contributed by atoms with Gasteiger partial charge in [-0.1, -0.05) is 42.0 Å². The Labute approximate surface area is 143 Å². The summed E-state index contributed by atoms with van der Waals surface area (Å²) in [4.78, 5) is 2.40. The molecule has 0 bridgehead atoms. The molecule has 5 nitrogen and oxygen atoms in total. The Morgan fingerprint density at radius 1 is 1.08 bits per heavy atom. The maximum atomic E-state index is 12.1. The third-order valence-electron chi connectivity index (χ3n) is 3.28. The second-order valence-electron chi connectivity index (χ2n) is 5.77. The van der Waals surface area contributed by atoms with Crippen molar-refractivity contribution in [3.8, 4) is 0 Å². The van der Waals surface area contributed by atoms with E-state index in [1.54, 1.807) is 24.3 Å². The van der Waals surface area contributed by atoms with E-state index in [0.29, 0.717) is 6.61 Å². The molecule has 128 valence electrons. The van der Waals surface area contributed by atoms with E-state index in [0.717, 1.165) is 16.7 Å². The van der Waals surface area contributed by atoms with E-state index in [4.69, 9.17) is 4.74 Å². The summed E-state index contributed by atoms with van der Waals surface area (Å²) in [5.41, 5.74) is 2.86. The van der Waals surface area contributed by atoms with Gasteiger partial charge >= 0.3 is 0 Å². The van der Waals surface area contributed by atoms with Crippen molar-refractivity contribution in [2.24, 2.45) is 5.10 Å². The molecule has 6 heteroatoms. The maximum absolute atomic E-state index is 12.1. The summed E-state index contributed by atoms with van der Waals surface area (Å²) < 4.78 is 29.7. The Balaban J connectivity index is 1.97. The number of hydrogen-bond donors (Lipinski definition) is 1. The highest BCUT2D eigenvalue weighted by molar-refractivity contribution is 7.89. The molecule has 2 rings (SSSR count). The predicted molar refractivity (Wildman–Crippen MR) is 95.5 cm³/mol. The lowest BCUT2D eigenvalue weighted by molar-refractivity contribution is 0.0657. The van der Waals surface area contributed by atoms with Crippen LogP contribution in [0.4, 0.5) is 0 Å². The summed E-state index contributed by atoms with van der Waals surface area (Å²) in [5, 5.41) is 3.82. The predicted octanol–water partition coefficient (Wildman–Crippen LogP) is 3.23. The van der Waals surface area contributed by atoms with Gasteiger partial charge in [-0.15, -0.1) is 0 Å². The van der Waals surface area contributed by atoms with Crippen molar-refractivity contribution in [2.75, 3.05) is 0 Å². The standard InChI is InChI=1S/C18H22N2O3S/c1-14(2)23-13-17-8-6-16(7-9-17)12-19-20-24(21,22)18-10-4-15(3)5-11-18/h4-12,14,20H,13H2,1-3H3/b19-12+. The first-order valence-corrected chi connectivity index (χ1v) is 9.17. The number of nitrogens with one attached hydrogen (secondary N) is 1. The van der Waals surface area contributed by atoms with Crippen LogP contribution < -0.4 is 4.83 Å². The Kier molecular flexibility index (Phi) is 6.11. The largest absolute Gasteiger partial charge is 0.374 e. The van der Waals surface area contributed by atoms with Crippen LogP contribution in [0.5, 0.6) is 0 Å². The van der Waals surface area contributed by atoms with Crippen LogP contribution in [0.2, 0.25) is 0 Å². The summed E-state index contributed by atoms with van der Waals surface area (Å²) in [6.07, 6.45) is 1.65. The lowest BCUT2D eigenvalue weighted by Gasteiger charge is -2.07. The van der Waals surface area contributed by atoms with E-state index in [1.807, 2.05) is 45.0 Å². The summed E-state index contributed by atoms with van der Waals surface area (Å²) >= 11 is 0. The second kappa shape index (κ2) is 8.08. The maximum Gasteiger partial charge on any atom is 0.276 e. The number of rotatable bonds is 7. The van der Waals surface area contributed by atoms with Crippen molar-refractivity contribution >= 4 is 16.2 Å². The van der Waals surface area contributed by atoms with Crippen LogP contribution >= 0.6 is 0 Å². The minimum atomic E-state index is -3.64. The van der Waals surface area contributed by atoms with Crippen LogP contribution in [0.1, 0.15) is 30.5 Å². The van der Waals surface area contributed by atoms with Gasteiger partial charge in [-0.25, -0.2) is 4.83 Å². The van der Waals surface area contributed by atoms with Gasteiger partial charge in [0.05, 0.1) is 23.8 Å². The normalized spacial score (nSPS) is 12.0. The number of sulfonamides is 1. The molecule has 2 aromatic carbocycles. The third kappa shape index (κ3) is 5.47. The number of benzene rings is 2. The molecule has 0 amide bonds. The molecule has 0 saturated heterocycles.